The molecular formula is C10H21NO4S. The van der Waals surface area contributed by atoms with Crippen molar-refractivity contribution in [2.75, 3.05) is 31.7 Å². The van der Waals surface area contributed by atoms with E-state index in [1.165, 1.54) is 6.26 Å². The zero-order valence-electron chi connectivity index (χ0n) is 9.99. The van der Waals surface area contributed by atoms with Gasteiger partial charge in [-0.2, -0.15) is 0 Å². The lowest BCUT2D eigenvalue weighted by Gasteiger charge is -2.05. The maximum Gasteiger partial charge on any atom is 0.319 e. The molecule has 0 heterocycles. The summed E-state index contributed by atoms with van der Waals surface area (Å²) >= 11 is 0. The summed E-state index contributed by atoms with van der Waals surface area (Å²) in [6.07, 6.45) is 3.59. The highest BCUT2D eigenvalue weighted by Crippen LogP contribution is 1.89. The average molecular weight is 251 g/mol. The Morgan fingerprint density at radius 3 is 2.56 bits per heavy atom. The van der Waals surface area contributed by atoms with Crippen molar-refractivity contribution >= 4 is 15.8 Å². The highest BCUT2D eigenvalue weighted by molar-refractivity contribution is 7.90. The normalized spacial score (nSPS) is 11.4. The van der Waals surface area contributed by atoms with E-state index < -0.39 is 9.84 Å². The maximum absolute atomic E-state index is 11.1. The monoisotopic (exact) mass is 251 g/mol. The Hall–Kier alpha value is -0.620. The molecule has 0 atom stereocenters. The molecule has 0 radical (unpaired) electrons. The smallest absolute Gasteiger partial charge is 0.319 e. The number of carbonyl (C=O) groups excluding carboxylic acids is 1. The first-order valence-corrected chi connectivity index (χ1v) is 7.56. The third-order valence-corrected chi connectivity index (χ3v) is 2.93. The van der Waals surface area contributed by atoms with Crippen LogP contribution < -0.4 is 5.32 Å². The van der Waals surface area contributed by atoms with Gasteiger partial charge in [-0.1, -0.05) is 13.3 Å². The van der Waals surface area contributed by atoms with E-state index in [0.717, 1.165) is 12.8 Å². The van der Waals surface area contributed by atoms with Crippen LogP contribution >= 0.6 is 0 Å². The van der Waals surface area contributed by atoms with Crippen molar-refractivity contribution in [2.24, 2.45) is 0 Å². The summed E-state index contributed by atoms with van der Waals surface area (Å²) in [5, 5.41) is 2.85. The van der Waals surface area contributed by atoms with Crippen LogP contribution in [-0.4, -0.2) is 46.1 Å². The second-order valence-electron chi connectivity index (χ2n) is 3.73. The van der Waals surface area contributed by atoms with Crippen LogP contribution in [0, 0.1) is 0 Å². The number of nitrogens with one attached hydrogen (secondary N) is 1. The molecule has 0 rings (SSSR count). The van der Waals surface area contributed by atoms with Crippen LogP contribution in [0.2, 0.25) is 0 Å². The summed E-state index contributed by atoms with van der Waals surface area (Å²) < 4.78 is 26.5. The molecule has 0 saturated carbocycles. The highest BCUT2D eigenvalue weighted by atomic mass is 32.2. The van der Waals surface area contributed by atoms with Crippen LogP contribution in [0.1, 0.15) is 26.2 Å². The Balaban J connectivity index is 3.34. The van der Waals surface area contributed by atoms with Gasteiger partial charge in [-0.3, -0.25) is 4.79 Å². The van der Waals surface area contributed by atoms with Crippen LogP contribution in [-0.2, 0) is 19.4 Å². The summed E-state index contributed by atoms with van der Waals surface area (Å²) in [6, 6.07) is 0. The molecule has 0 amide bonds. The number of rotatable bonds is 9. The Morgan fingerprint density at radius 2 is 2.00 bits per heavy atom. The first-order valence-electron chi connectivity index (χ1n) is 5.49. The van der Waals surface area contributed by atoms with Gasteiger partial charge in [-0.15, -0.1) is 0 Å². The predicted octanol–water partition coefficient (Wildman–Crippen LogP) is 0.354. The lowest BCUT2D eigenvalue weighted by atomic mass is 10.4. The first kappa shape index (κ1) is 15.4. The summed E-state index contributed by atoms with van der Waals surface area (Å²) in [5.74, 6) is -0.141. The van der Waals surface area contributed by atoms with E-state index >= 15 is 0 Å². The second kappa shape index (κ2) is 8.52. The minimum Gasteiger partial charge on any atom is -0.465 e. The van der Waals surface area contributed by atoms with Gasteiger partial charge in [-0.05, 0) is 19.4 Å². The van der Waals surface area contributed by atoms with E-state index in [4.69, 9.17) is 4.74 Å². The van der Waals surface area contributed by atoms with Crippen molar-refractivity contribution in [3.63, 3.8) is 0 Å². The summed E-state index contributed by atoms with van der Waals surface area (Å²) in [4.78, 5) is 11.1. The molecule has 16 heavy (non-hydrogen) atoms. The molecule has 0 saturated heterocycles. The van der Waals surface area contributed by atoms with Gasteiger partial charge in [0.2, 0.25) is 0 Å². The molecule has 1 N–H and O–H groups in total. The Kier molecular flexibility index (Phi) is 8.19. The van der Waals surface area contributed by atoms with E-state index in [-0.39, 0.29) is 18.3 Å². The molecule has 0 unspecified atom stereocenters. The highest BCUT2D eigenvalue weighted by Gasteiger charge is 2.03. The number of carbonyl (C=O) groups is 1. The minimum absolute atomic E-state index is 0.144. The van der Waals surface area contributed by atoms with Gasteiger partial charge >= 0.3 is 5.97 Å². The van der Waals surface area contributed by atoms with Gasteiger partial charge in [-0.25, -0.2) is 8.42 Å². The van der Waals surface area contributed by atoms with Crippen LogP contribution in [0.4, 0.5) is 0 Å². The van der Waals surface area contributed by atoms with Crippen molar-refractivity contribution in [1.82, 2.24) is 5.32 Å². The number of esters is 1. The fourth-order valence-electron chi connectivity index (χ4n) is 1.03. The van der Waals surface area contributed by atoms with Crippen LogP contribution in [0.15, 0.2) is 0 Å². The van der Waals surface area contributed by atoms with Gasteiger partial charge in [0.05, 0.1) is 18.9 Å². The SMILES string of the molecule is CCCCOC(=O)CNCCCS(C)(=O)=O. The van der Waals surface area contributed by atoms with Crippen molar-refractivity contribution in [3.8, 4) is 0 Å². The molecule has 0 bridgehead atoms. The molecule has 0 aromatic carbocycles. The van der Waals surface area contributed by atoms with Gasteiger partial charge < -0.3 is 10.1 Å². The van der Waals surface area contributed by atoms with E-state index in [1.807, 2.05) is 6.92 Å². The Morgan fingerprint density at radius 1 is 1.31 bits per heavy atom. The van der Waals surface area contributed by atoms with E-state index in [2.05, 4.69) is 5.32 Å². The van der Waals surface area contributed by atoms with E-state index in [1.54, 1.807) is 0 Å². The van der Waals surface area contributed by atoms with Crippen LogP contribution in [0.25, 0.3) is 0 Å². The first-order chi connectivity index (χ1) is 7.45. The number of unbranched alkanes of at least 4 members (excludes halogenated alkanes) is 1. The van der Waals surface area contributed by atoms with E-state index in [9.17, 15) is 13.2 Å². The maximum atomic E-state index is 11.1. The molecule has 0 aromatic heterocycles. The third kappa shape index (κ3) is 11.5. The molecule has 0 aliphatic carbocycles. The van der Waals surface area contributed by atoms with Gasteiger partial charge in [0.25, 0.3) is 0 Å². The minimum atomic E-state index is -2.90. The molecule has 6 heteroatoms. The zero-order valence-corrected chi connectivity index (χ0v) is 10.8. The van der Waals surface area contributed by atoms with Crippen molar-refractivity contribution in [2.45, 2.75) is 26.2 Å². The van der Waals surface area contributed by atoms with Crippen LogP contribution in [0.5, 0.6) is 0 Å². The molecule has 0 fully saturated rings. The molecule has 0 aliphatic heterocycles. The summed E-state index contributed by atoms with van der Waals surface area (Å²) in [5.41, 5.74) is 0. The standard InChI is InChI=1S/C10H21NO4S/c1-3-4-7-15-10(12)9-11-6-5-8-16(2,13)14/h11H,3-9H2,1-2H3. The second-order valence-corrected chi connectivity index (χ2v) is 5.99. The fraction of sp³-hybridized carbons (Fsp3) is 0.900. The van der Waals surface area contributed by atoms with Crippen molar-refractivity contribution < 1.29 is 17.9 Å². The largest absolute Gasteiger partial charge is 0.465 e. The topological polar surface area (TPSA) is 72.5 Å². The lowest BCUT2D eigenvalue weighted by Crippen LogP contribution is -2.26. The van der Waals surface area contributed by atoms with Crippen molar-refractivity contribution in [1.29, 1.82) is 0 Å². The predicted molar refractivity (Wildman–Crippen MR) is 63.1 cm³/mol. The van der Waals surface area contributed by atoms with E-state index in [0.29, 0.717) is 19.6 Å². The zero-order chi connectivity index (χ0) is 12.4. The number of hydrogen-bond acceptors (Lipinski definition) is 5. The summed E-state index contributed by atoms with van der Waals surface area (Å²) in [7, 11) is -2.90. The molecule has 0 spiro atoms. The number of hydrogen-bond donors (Lipinski definition) is 1. The number of ether oxygens (including phenoxy) is 1. The third-order valence-electron chi connectivity index (χ3n) is 1.90. The molecular weight excluding hydrogens is 230 g/mol. The Labute approximate surface area is 97.5 Å². The quantitative estimate of drug-likeness (QED) is 0.473. The number of sulfone groups is 1. The molecule has 0 aliphatic rings. The molecule has 96 valence electrons. The van der Waals surface area contributed by atoms with Gasteiger partial charge in [0, 0.05) is 6.26 Å². The fourth-order valence-corrected chi connectivity index (χ4v) is 1.70. The molecule has 5 nitrogen and oxygen atoms in total. The Bertz CT molecular complexity index is 287. The van der Waals surface area contributed by atoms with Crippen LogP contribution in [0.3, 0.4) is 0 Å². The van der Waals surface area contributed by atoms with Gasteiger partial charge in [0.15, 0.2) is 0 Å². The van der Waals surface area contributed by atoms with Crippen molar-refractivity contribution in [3.05, 3.63) is 0 Å². The average Bonchev–Trinajstić information content (AvgIpc) is 2.16. The summed E-state index contributed by atoms with van der Waals surface area (Å²) in [6.45, 7) is 3.14. The van der Waals surface area contributed by atoms with Gasteiger partial charge in [0.1, 0.15) is 9.84 Å². The lowest BCUT2D eigenvalue weighted by molar-refractivity contribution is -0.142. The molecule has 0 aromatic rings.